The maximum absolute atomic E-state index is 14.2. The molecular formula is C23H37FIN5O. The van der Waals surface area contributed by atoms with Crippen molar-refractivity contribution in [1.82, 2.24) is 15.5 Å². The van der Waals surface area contributed by atoms with E-state index < -0.39 is 0 Å². The van der Waals surface area contributed by atoms with E-state index in [4.69, 9.17) is 10.7 Å². The summed E-state index contributed by atoms with van der Waals surface area (Å²) in [5, 5.41) is 6.71. The van der Waals surface area contributed by atoms with Gasteiger partial charge in [-0.1, -0.05) is 18.2 Å². The smallest absolute Gasteiger partial charge is 0.220 e. The third-order valence-corrected chi connectivity index (χ3v) is 6.37. The quantitative estimate of drug-likeness (QED) is 0.183. The Hall–Kier alpha value is -1.42. The van der Waals surface area contributed by atoms with Crippen LogP contribution >= 0.6 is 24.0 Å². The summed E-state index contributed by atoms with van der Waals surface area (Å²) in [4.78, 5) is 18.4. The number of piperidine rings is 1. The van der Waals surface area contributed by atoms with Gasteiger partial charge in [0.15, 0.2) is 5.96 Å². The monoisotopic (exact) mass is 545 g/mol. The lowest BCUT2D eigenvalue weighted by Crippen LogP contribution is -2.40. The number of likely N-dealkylation sites (tertiary alicyclic amines) is 1. The van der Waals surface area contributed by atoms with Gasteiger partial charge in [0, 0.05) is 24.4 Å². The lowest BCUT2D eigenvalue weighted by atomic mass is 9.95. The predicted molar refractivity (Wildman–Crippen MR) is 134 cm³/mol. The van der Waals surface area contributed by atoms with Crippen molar-refractivity contribution in [1.29, 1.82) is 0 Å². The van der Waals surface area contributed by atoms with E-state index in [2.05, 4.69) is 22.5 Å². The first kappa shape index (κ1) is 25.8. The molecule has 0 bridgehead atoms. The highest BCUT2D eigenvalue weighted by Crippen LogP contribution is 2.49. The number of hydrogen-bond acceptors (Lipinski definition) is 3. The third kappa shape index (κ3) is 7.59. The zero-order valence-electron chi connectivity index (χ0n) is 18.5. The van der Waals surface area contributed by atoms with E-state index in [9.17, 15) is 9.18 Å². The summed E-state index contributed by atoms with van der Waals surface area (Å²) in [6.07, 6.45) is 5.90. The van der Waals surface area contributed by atoms with E-state index in [1.165, 1.54) is 0 Å². The molecule has 174 valence electrons. The fourth-order valence-corrected chi connectivity index (χ4v) is 4.24. The highest BCUT2D eigenvalue weighted by atomic mass is 127. The largest absolute Gasteiger partial charge is 0.369 e. The van der Waals surface area contributed by atoms with Crippen LogP contribution in [0.4, 0.5) is 4.39 Å². The molecule has 1 saturated carbocycles. The van der Waals surface area contributed by atoms with Crippen LogP contribution in [0.2, 0.25) is 0 Å². The number of primary amides is 1. The zero-order valence-corrected chi connectivity index (χ0v) is 20.9. The van der Waals surface area contributed by atoms with Gasteiger partial charge in [-0.15, -0.1) is 24.0 Å². The van der Waals surface area contributed by atoms with E-state index in [1.54, 1.807) is 12.1 Å². The molecule has 0 aromatic heterocycles. The van der Waals surface area contributed by atoms with E-state index >= 15 is 0 Å². The van der Waals surface area contributed by atoms with Crippen molar-refractivity contribution in [3.8, 4) is 0 Å². The van der Waals surface area contributed by atoms with Gasteiger partial charge in [0.2, 0.25) is 5.91 Å². The molecule has 2 fully saturated rings. The Kier molecular flexibility index (Phi) is 10.5. The van der Waals surface area contributed by atoms with E-state index in [1.807, 2.05) is 12.1 Å². The Balaban J connectivity index is 0.00000341. The summed E-state index contributed by atoms with van der Waals surface area (Å²) in [6, 6.07) is 7.08. The molecular weight excluding hydrogens is 508 g/mol. The molecule has 8 heteroatoms. The summed E-state index contributed by atoms with van der Waals surface area (Å²) in [5.41, 5.74) is 6.06. The van der Waals surface area contributed by atoms with Crippen LogP contribution in [0.15, 0.2) is 29.3 Å². The number of nitrogens with zero attached hydrogens (tertiary/aromatic N) is 2. The van der Waals surface area contributed by atoms with Crippen LogP contribution in [0, 0.1) is 11.7 Å². The highest BCUT2D eigenvalue weighted by molar-refractivity contribution is 14.0. The van der Waals surface area contributed by atoms with Crippen molar-refractivity contribution in [3.63, 3.8) is 0 Å². The van der Waals surface area contributed by atoms with Gasteiger partial charge >= 0.3 is 0 Å². The number of hydrogen-bond donors (Lipinski definition) is 3. The van der Waals surface area contributed by atoms with Gasteiger partial charge < -0.3 is 21.3 Å². The molecule has 2 aliphatic rings. The first-order chi connectivity index (χ1) is 14.5. The first-order valence-electron chi connectivity index (χ1n) is 11.3. The second-order valence-corrected chi connectivity index (χ2v) is 8.61. The van der Waals surface area contributed by atoms with Crippen LogP contribution in [-0.2, 0) is 10.2 Å². The van der Waals surface area contributed by atoms with Gasteiger partial charge in [-0.05, 0) is 76.7 Å². The molecule has 1 aliphatic carbocycles. The van der Waals surface area contributed by atoms with E-state index in [0.29, 0.717) is 6.54 Å². The Bertz CT molecular complexity index is 732. The van der Waals surface area contributed by atoms with Gasteiger partial charge in [-0.2, -0.15) is 0 Å². The average Bonchev–Trinajstić information content (AvgIpc) is 3.53. The number of unbranched alkanes of at least 4 members (excludes halogenated alkanes) is 1. The lowest BCUT2D eigenvalue weighted by molar-refractivity contribution is -0.123. The minimum atomic E-state index is -0.155. The average molecular weight is 545 g/mol. The van der Waals surface area contributed by atoms with Crippen LogP contribution in [0.3, 0.4) is 0 Å². The number of carbonyl (C=O) groups excluding carboxylic acids is 1. The molecule has 1 aliphatic heterocycles. The molecule has 1 aromatic carbocycles. The SMILES string of the molecule is CCNC(=NCC1(c2ccccc2F)CC1)NCCCCN1CCC(C(N)=O)CC1.I. The molecule has 4 N–H and O–H groups in total. The lowest BCUT2D eigenvalue weighted by Gasteiger charge is -2.30. The minimum absolute atomic E-state index is 0. The van der Waals surface area contributed by atoms with Crippen LogP contribution in [-0.4, -0.2) is 56.0 Å². The van der Waals surface area contributed by atoms with Crippen molar-refractivity contribution in [2.24, 2.45) is 16.6 Å². The van der Waals surface area contributed by atoms with Crippen molar-refractivity contribution >= 4 is 35.8 Å². The molecule has 1 saturated heterocycles. The topological polar surface area (TPSA) is 82.8 Å². The van der Waals surface area contributed by atoms with E-state index in [-0.39, 0.29) is 47.0 Å². The fraction of sp³-hybridized carbons (Fsp3) is 0.652. The molecule has 31 heavy (non-hydrogen) atoms. The van der Waals surface area contributed by atoms with Gasteiger partial charge in [-0.3, -0.25) is 9.79 Å². The number of carbonyl (C=O) groups is 1. The molecule has 0 spiro atoms. The minimum Gasteiger partial charge on any atom is -0.369 e. The summed E-state index contributed by atoms with van der Waals surface area (Å²) in [5.74, 6) is 0.586. The van der Waals surface area contributed by atoms with Crippen molar-refractivity contribution in [2.75, 3.05) is 39.3 Å². The number of rotatable bonds is 10. The Morgan fingerprint density at radius 3 is 2.55 bits per heavy atom. The first-order valence-corrected chi connectivity index (χ1v) is 11.3. The van der Waals surface area contributed by atoms with Gasteiger partial charge in [-0.25, -0.2) is 4.39 Å². The van der Waals surface area contributed by atoms with Crippen LogP contribution in [0.5, 0.6) is 0 Å². The fourth-order valence-electron chi connectivity index (χ4n) is 4.24. The van der Waals surface area contributed by atoms with Crippen LogP contribution in [0.1, 0.15) is 51.0 Å². The third-order valence-electron chi connectivity index (χ3n) is 6.37. The van der Waals surface area contributed by atoms with Gasteiger partial charge in [0.1, 0.15) is 5.82 Å². The molecule has 1 heterocycles. The van der Waals surface area contributed by atoms with Crippen LogP contribution in [0.25, 0.3) is 0 Å². The van der Waals surface area contributed by atoms with E-state index in [0.717, 1.165) is 82.8 Å². The predicted octanol–water partition coefficient (Wildman–Crippen LogP) is 3.01. The molecule has 6 nitrogen and oxygen atoms in total. The number of aliphatic imine (C=N–C) groups is 1. The normalized spacial score (nSPS) is 18.8. The number of guanidine groups is 1. The number of nitrogens with one attached hydrogen (secondary N) is 2. The van der Waals surface area contributed by atoms with Gasteiger partial charge in [0.25, 0.3) is 0 Å². The molecule has 0 atom stereocenters. The standard InChI is InChI=1S/C23H36FN5O.HI/c1-2-26-22(28-17-23(11-12-23)19-7-3-4-8-20(19)24)27-13-5-6-14-29-15-9-18(10-16-29)21(25)30;/h3-4,7-8,18H,2,5-6,9-17H2,1H3,(H2,25,30)(H2,26,27,28);1H. The Morgan fingerprint density at radius 2 is 1.94 bits per heavy atom. The molecule has 0 radical (unpaired) electrons. The Morgan fingerprint density at radius 1 is 1.23 bits per heavy atom. The second kappa shape index (κ2) is 12.6. The maximum Gasteiger partial charge on any atom is 0.220 e. The molecule has 0 unspecified atom stereocenters. The summed E-state index contributed by atoms with van der Waals surface area (Å²) in [7, 11) is 0. The molecule has 3 rings (SSSR count). The number of amides is 1. The van der Waals surface area contributed by atoms with Gasteiger partial charge in [0.05, 0.1) is 6.54 Å². The van der Waals surface area contributed by atoms with Crippen LogP contribution < -0.4 is 16.4 Å². The summed E-state index contributed by atoms with van der Waals surface area (Å²) >= 11 is 0. The number of nitrogens with two attached hydrogens (primary N) is 1. The molecule has 1 amide bonds. The maximum atomic E-state index is 14.2. The second-order valence-electron chi connectivity index (χ2n) is 8.61. The molecule has 1 aromatic rings. The van der Waals surface area contributed by atoms with Crippen molar-refractivity contribution < 1.29 is 9.18 Å². The highest BCUT2D eigenvalue weighted by Gasteiger charge is 2.45. The summed E-state index contributed by atoms with van der Waals surface area (Å²) < 4.78 is 14.2. The number of benzene rings is 1. The zero-order chi connectivity index (χ0) is 21.4. The van der Waals surface area contributed by atoms with Crippen molar-refractivity contribution in [2.45, 2.75) is 50.9 Å². The van der Waals surface area contributed by atoms with Crippen molar-refractivity contribution in [3.05, 3.63) is 35.6 Å². The Labute approximate surface area is 202 Å². The summed E-state index contributed by atoms with van der Waals surface area (Å²) in [6.45, 7) is 7.29. The number of halogens is 2.